The Labute approximate surface area is 324 Å². The largest absolute Gasteiger partial charge is 0.491 e. The molecule has 4 amide bonds. The maximum Gasteiger partial charge on any atom is 0.262 e. The fraction of sp³-hybridized carbons (Fsp3) is 0.333. The molecule has 288 valence electrons. The number of hydrogen-bond acceptors (Lipinski definition) is 11. The minimum Gasteiger partial charge on any atom is -0.491 e. The first kappa shape index (κ1) is 37.0. The molecule has 1 unspecified atom stereocenters. The second-order valence-corrected chi connectivity index (χ2v) is 14.4. The van der Waals surface area contributed by atoms with Crippen LogP contribution in [0.5, 0.6) is 5.75 Å². The van der Waals surface area contributed by atoms with Crippen LogP contribution in [0.4, 0.5) is 5.82 Å². The highest BCUT2D eigenvalue weighted by Crippen LogP contribution is 2.31. The number of nitrogens with zero attached hydrogens (tertiary/aromatic N) is 5. The number of aromatic amines is 1. The molecule has 0 aliphatic carbocycles. The molecular formula is C42H44N8O6. The van der Waals surface area contributed by atoms with Gasteiger partial charge in [-0.25, -0.2) is 9.97 Å². The smallest absolute Gasteiger partial charge is 0.262 e. The zero-order chi connectivity index (χ0) is 38.6. The molecule has 8 rings (SSSR count). The third kappa shape index (κ3) is 8.03. The molecular weight excluding hydrogens is 713 g/mol. The standard InChI is InChI=1S/C42H44N8O6/c1-27-4-2-3-5-30(27)24-43-38-34-23-35(46-39(34)45-26-44-38)29-8-6-28(7-9-29)25-49-16-14-48(15-17-49)18-19-55-20-21-56-31-10-11-32-33(22-31)42(54)50(41(32)53)36-12-13-37(51)47-40(36)52/h2-11,22-23,26,36H,12-21,24-25H2,1H3,(H,47,51,52)(H2,43,44,45,46). The Morgan fingerprint density at radius 3 is 2.43 bits per heavy atom. The molecule has 5 heterocycles. The number of aryl methyl sites for hydroxylation is 1. The summed E-state index contributed by atoms with van der Waals surface area (Å²) in [7, 11) is 0. The number of nitrogens with one attached hydrogen (secondary N) is 3. The molecule has 56 heavy (non-hydrogen) atoms. The van der Waals surface area contributed by atoms with Crippen LogP contribution in [0.1, 0.15) is 50.2 Å². The molecule has 2 saturated heterocycles. The molecule has 0 spiro atoms. The number of imide groups is 2. The quantitative estimate of drug-likeness (QED) is 0.110. The van der Waals surface area contributed by atoms with E-state index in [9.17, 15) is 19.2 Å². The average Bonchev–Trinajstić information content (AvgIpc) is 3.75. The highest BCUT2D eigenvalue weighted by atomic mass is 16.5. The van der Waals surface area contributed by atoms with E-state index in [1.165, 1.54) is 28.8 Å². The molecule has 0 radical (unpaired) electrons. The molecule has 0 saturated carbocycles. The van der Waals surface area contributed by atoms with Crippen molar-refractivity contribution in [3.05, 3.63) is 107 Å². The van der Waals surface area contributed by atoms with Gasteiger partial charge in [-0.2, -0.15) is 0 Å². The van der Waals surface area contributed by atoms with Gasteiger partial charge in [0.25, 0.3) is 11.8 Å². The summed E-state index contributed by atoms with van der Waals surface area (Å²) < 4.78 is 11.7. The molecule has 14 heteroatoms. The molecule has 0 bridgehead atoms. The number of ether oxygens (including phenoxy) is 2. The van der Waals surface area contributed by atoms with Crippen LogP contribution in [0.2, 0.25) is 0 Å². The molecule has 3 aromatic carbocycles. The summed E-state index contributed by atoms with van der Waals surface area (Å²) >= 11 is 0. The Hall–Kier alpha value is -5.96. The van der Waals surface area contributed by atoms with Crippen molar-refractivity contribution in [1.29, 1.82) is 0 Å². The maximum absolute atomic E-state index is 13.1. The Balaban J connectivity index is 0.742. The number of aromatic nitrogens is 3. The van der Waals surface area contributed by atoms with Crippen LogP contribution in [0, 0.1) is 6.92 Å². The van der Waals surface area contributed by atoms with Crippen molar-refractivity contribution in [1.82, 2.24) is 35.0 Å². The van der Waals surface area contributed by atoms with E-state index in [4.69, 9.17) is 9.47 Å². The van der Waals surface area contributed by atoms with E-state index in [-0.39, 0.29) is 30.6 Å². The molecule has 2 aromatic heterocycles. The SMILES string of the molecule is Cc1ccccc1CNc1ncnc2[nH]c(-c3ccc(CN4CCN(CCOCCOc5ccc6c(c5)C(=O)N(C5CCC(=O)NC5=O)C6=O)CC4)cc3)cc12. The van der Waals surface area contributed by atoms with Gasteiger partial charge in [-0.3, -0.25) is 39.2 Å². The predicted octanol–water partition coefficient (Wildman–Crippen LogP) is 4.16. The number of rotatable bonds is 14. The number of piperidine rings is 1. The zero-order valence-electron chi connectivity index (χ0n) is 31.3. The van der Waals surface area contributed by atoms with Gasteiger partial charge < -0.3 is 19.8 Å². The lowest BCUT2D eigenvalue weighted by Crippen LogP contribution is -2.54. The normalized spacial score (nSPS) is 17.7. The number of fused-ring (bicyclic) bond motifs is 2. The van der Waals surface area contributed by atoms with Gasteiger partial charge in [0.05, 0.1) is 29.7 Å². The summed E-state index contributed by atoms with van der Waals surface area (Å²) in [6.45, 7) is 9.64. The van der Waals surface area contributed by atoms with Crippen LogP contribution < -0.4 is 15.4 Å². The number of amides is 4. The number of benzene rings is 3. The van der Waals surface area contributed by atoms with Crippen molar-refractivity contribution in [2.75, 3.05) is 57.9 Å². The van der Waals surface area contributed by atoms with E-state index in [0.29, 0.717) is 25.5 Å². The lowest BCUT2D eigenvalue weighted by molar-refractivity contribution is -0.136. The minimum atomic E-state index is -0.999. The van der Waals surface area contributed by atoms with Crippen LogP contribution in [-0.4, -0.2) is 112 Å². The number of carbonyl (C=O) groups excluding carboxylic acids is 4. The van der Waals surface area contributed by atoms with Gasteiger partial charge >= 0.3 is 0 Å². The Morgan fingerprint density at radius 2 is 1.62 bits per heavy atom. The van der Waals surface area contributed by atoms with Crippen molar-refractivity contribution in [3.8, 4) is 17.0 Å². The number of anilines is 1. The summed E-state index contributed by atoms with van der Waals surface area (Å²) in [5.41, 5.74) is 7.07. The van der Waals surface area contributed by atoms with Gasteiger partial charge in [-0.15, -0.1) is 0 Å². The zero-order valence-corrected chi connectivity index (χ0v) is 31.3. The fourth-order valence-corrected chi connectivity index (χ4v) is 7.50. The topological polar surface area (TPSA) is 162 Å². The van der Waals surface area contributed by atoms with E-state index in [1.807, 2.05) is 6.07 Å². The van der Waals surface area contributed by atoms with Gasteiger partial charge in [0.2, 0.25) is 11.8 Å². The minimum absolute atomic E-state index is 0.0745. The van der Waals surface area contributed by atoms with Crippen molar-refractivity contribution in [3.63, 3.8) is 0 Å². The molecule has 1 atom stereocenters. The first-order valence-corrected chi connectivity index (χ1v) is 19.0. The molecule has 5 aromatic rings. The summed E-state index contributed by atoms with van der Waals surface area (Å²) in [6, 6.07) is 22.9. The van der Waals surface area contributed by atoms with Crippen LogP contribution in [0.3, 0.4) is 0 Å². The third-order valence-electron chi connectivity index (χ3n) is 10.7. The number of piperazine rings is 1. The third-order valence-corrected chi connectivity index (χ3v) is 10.7. The Morgan fingerprint density at radius 1 is 0.839 bits per heavy atom. The number of hydrogen-bond donors (Lipinski definition) is 3. The first-order valence-electron chi connectivity index (χ1n) is 19.0. The van der Waals surface area contributed by atoms with Crippen molar-refractivity contribution < 1.29 is 28.7 Å². The van der Waals surface area contributed by atoms with Crippen LogP contribution in [0.25, 0.3) is 22.3 Å². The van der Waals surface area contributed by atoms with Crippen molar-refractivity contribution >= 4 is 40.5 Å². The van der Waals surface area contributed by atoms with Crippen LogP contribution in [0.15, 0.2) is 79.1 Å². The average molecular weight is 757 g/mol. The molecule has 2 fully saturated rings. The van der Waals surface area contributed by atoms with Gasteiger partial charge in [0.15, 0.2) is 0 Å². The summed E-state index contributed by atoms with van der Waals surface area (Å²) in [4.78, 5) is 68.1. The van der Waals surface area contributed by atoms with Crippen molar-refractivity contribution in [2.45, 2.75) is 38.9 Å². The van der Waals surface area contributed by atoms with Crippen LogP contribution >= 0.6 is 0 Å². The van der Waals surface area contributed by atoms with Gasteiger partial charge in [-0.1, -0.05) is 48.5 Å². The van der Waals surface area contributed by atoms with Gasteiger partial charge in [0, 0.05) is 57.9 Å². The van der Waals surface area contributed by atoms with E-state index in [2.05, 4.69) is 90.8 Å². The van der Waals surface area contributed by atoms with Gasteiger partial charge in [0.1, 0.15) is 36.2 Å². The van der Waals surface area contributed by atoms with E-state index in [0.717, 1.165) is 72.3 Å². The monoisotopic (exact) mass is 756 g/mol. The highest BCUT2D eigenvalue weighted by Gasteiger charge is 2.44. The summed E-state index contributed by atoms with van der Waals surface area (Å²) in [5.74, 6) is -0.895. The Bertz CT molecular complexity index is 2270. The van der Waals surface area contributed by atoms with E-state index < -0.39 is 29.7 Å². The number of carbonyl (C=O) groups is 4. The maximum atomic E-state index is 13.1. The molecule has 3 aliphatic heterocycles. The fourth-order valence-electron chi connectivity index (χ4n) is 7.50. The Kier molecular flexibility index (Phi) is 10.8. The van der Waals surface area contributed by atoms with E-state index in [1.54, 1.807) is 12.4 Å². The van der Waals surface area contributed by atoms with Crippen LogP contribution in [-0.2, 0) is 27.4 Å². The highest BCUT2D eigenvalue weighted by molar-refractivity contribution is 6.23. The second-order valence-electron chi connectivity index (χ2n) is 14.4. The predicted molar refractivity (Wildman–Crippen MR) is 209 cm³/mol. The number of H-pyrrole nitrogens is 1. The first-order chi connectivity index (χ1) is 27.3. The summed E-state index contributed by atoms with van der Waals surface area (Å²) in [6.07, 6.45) is 1.78. The van der Waals surface area contributed by atoms with Crippen molar-refractivity contribution in [2.24, 2.45) is 0 Å². The summed E-state index contributed by atoms with van der Waals surface area (Å²) in [5, 5.41) is 6.66. The van der Waals surface area contributed by atoms with E-state index >= 15 is 0 Å². The molecule has 3 aliphatic rings. The lowest BCUT2D eigenvalue weighted by Gasteiger charge is -2.34. The molecule has 3 N–H and O–H groups in total. The molecule has 14 nitrogen and oxygen atoms in total. The van der Waals surface area contributed by atoms with Gasteiger partial charge in [-0.05, 0) is 59.9 Å². The lowest BCUT2D eigenvalue weighted by atomic mass is 10.0. The second kappa shape index (κ2) is 16.4.